The first-order chi connectivity index (χ1) is 11.2. The molecule has 0 bridgehead atoms. The van der Waals surface area contributed by atoms with E-state index in [0.29, 0.717) is 13.2 Å². The largest absolute Gasteiger partial charge is 0.489 e. The Morgan fingerprint density at radius 3 is 2.61 bits per heavy atom. The van der Waals surface area contributed by atoms with Crippen molar-refractivity contribution >= 4 is 5.97 Å². The first-order valence-corrected chi connectivity index (χ1v) is 7.80. The van der Waals surface area contributed by atoms with Crippen LogP contribution in [0, 0.1) is 0 Å². The van der Waals surface area contributed by atoms with Crippen LogP contribution in [0.3, 0.4) is 0 Å². The lowest BCUT2D eigenvalue weighted by atomic mass is 10.2. The van der Waals surface area contributed by atoms with Gasteiger partial charge in [-0.2, -0.15) is 0 Å². The highest BCUT2D eigenvalue weighted by Crippen LogP contribution is 2.21. The minimum atomic E-state index is -0.722. The lowest BCUT2D eigenvalue weighted by Crippen LogP contribution is -2.35. The normalized spacial score (nSPS) is 18.0. The Kier molecular flexibility index (Phi) is 4.88. The molecular weight excluding hydrogens is 292 g/mol. The molecule has 1 unspecified atom stereocenters. The number of pyridine rings is 1. The lowest BCUT2D eigenvalue weighted by Gasteiger charge is -2.21. The SMILES string of the molecule is O=C(O)C1CCCN1Cc1ccc(OCc2ccncc2)cc1. The molecule has 120 valence electrons. The third-order valence-electron chi connectivity index (χ3n) is 4.11. The number of benzene rings is 1. The highest BCUT2D eigenvalue weighted by molar-refractivity contribution is 5.73. The van der Waals surface area contributed by atoms with Gasteiger partial charge in [-0.05, 0) is 54.8 Å². The third kappa shape index (κ3) is 4.07. The van der Waals surface area contributed by atoms with E-state index < -0.39 is 5.97 Å². The van der Waals surface area contributed by atoms with Gasteiger partial charge in [-0.3, -0.25) is 14.7 Å². The third-order valence-corrected chi connectivity index (χ3v) is 4.11. The predicted octanol–water partition coefficient (Wildman–Crippen LogP) is 2.71. The smallest absolute Gasteiger partial charge is 0.320 e. The first kappa shape index (κ1) is 15.5. The maximum absolute atomic E-state index is 11.2. The summed E-state index contributed by atoms with van der Waals surface area (Å²) < 4.78 is 5.74. The van der Waals surface area contributed by atoms with Crippen LogP contribution >= 0.6 is 0 Å². The topological polar surface area (TPSA) is 62.7 Å². The maximum Gasteiger partial charge on any atom is 0.320 e. The maximum atomic E-state index is 11.2. The van der Waals surface area contributed by atoms with Crippen molar-refractivity contribution < 1.29 is 14.6 Å². The zero-order valence-electron chi connectivity index (χ0n) is 12.9. The van der Waals surface area contributed by atoms with Crippen LogP contribution in [0.25, 0.3) is 0 Å². The predicted molar refractivity (Wildman–Crippen MR) is 86.1 cm³/mol. The summed E-state index contributed by atoms with van der Waals surface area (Å²) in [5.41, 5.74) is 2.18. The molecule has 0 aliphatic carbocycles. The van der Waals surface area contributed by atoms with Crippen LogP contribution in [0.15, 0.2) is 48.8 Å². The summed E-state index contributed by atoms with van der Waals surface area (Å²) in [7, 11) is 0. The molecule has 2 heterocycles. The Balaban J connectivity index is 1.56. The summed E-state index contributed by atoms with van der Waals surface area (Å²) in [5.74, 6) is 0.0848. The molecule has 1 atom stereocenters. The van der Waals surface area contributed by atoms with Gasteiger partial charge < -0.3 is 9.84 Å². The molecule has 1 aliphatic rings. The Morgan fingerprint density at radius 1 is 1.17 bits per heavy atom. The van der Waals surface area contributed by atoms with Crippen molar-refractivity contribution in [1.29, 1.82) is 0 Å². The van der Waals surface area contributed by atoms with Crippen molar-refractivity contribution in [3.63, 3.8) is 0 Å². The van der Waals surface area contributed by atoms with E-state index in [-0.39, 0.29) is 6.04 Å². The molecule has 1 saturated heterocycles. The van der Waals surface area contributed by atoms with E-state index in [0.717, 1.165) is 36.3 Å². The number of aliphatic carboxylic acids is 1. The molecule has 5 heteroatoms. The van der Waals surface area contributed by atoms with Gasteiger partial charge in [0.25, 0.3) is 0 Å². The number of hydrogen-bond donors (Lipinski definition) is 1. The molecule has 5 nitrogen and oxygen atoms in total. The number of carbonyl (C=O) groups is 1. The van der Waals surface area contributed by atoms with E-state index >= 15 is 0 Å². The van der Waals surface area contributed by atoms with E-state index in [4.69, 9.17) is 4.74 Å². The van der Waals surface area contributed by atoms with Crippen LogP contribution < -0.4 is 4.74 Å². The van der Waals surface area contributed by atoms with Gasteiger partial charge in [-0.15, -0.1) is 0 Å². The summed E-state index contributed by atoms with van der Waals surface area (Å²) in [6, 6.07) is 11.4. The Labute approximate surface area is 135 Å². The summed E-state index contributed by atoms with van der Waals surface area (Å²) in [6.07, 6.45) is 5.18. The molecule has 3 rings (SSSR count). The van der Waals surface area contributed by atoms with Gasteiger partial charge in [0.1, 0.15) is 18.4 Å². The molecule has 0 amide bonds. The number of carboxylic acids is 1. The number of hydrogen-bond acceptors (Lipinski definition) is 4. The number of carboxylic acid groups (broad SMARTS) is 1. The standard InChI is InChI=1S/C18H20N2O3/c21-18(22)17-2-1-11-20(17)12-14-3-5-16(6-4-14)23-13-15-7-9-19-10-8-15/h3-10,17H,1-2,11-13H2,(H,21,22). The van der Waals surface area contributed by atoms with Crippen LogP contribution in [-0.2, 0) is 17.9 Å². The molecule has 1 N–H and O–H groups in total. The van der Waals surface area contributed by atoms with Crippen LogP contribution in [-0.4, -0.2) is 33.5 Å². The minimum Gasteiger partial charge on any atom is -0.489 e. The average Bonchev–Trinajstić information content (AvgIpc) is 3.04. The summed E-state index contributed by atoms with van der Waals surface area (Å²) in [4.78, 5) is 17.2. The Morgan fingerprint density at radius 2 is 1.91 bits per heavy atom. The zero-order valence-corrected chi connectivity index (χ0v) is 12.9. The van der Waals surface area contributed by atoms with E-state index in [9.17, 15) is 9.90 Å². The van der Waals surface area contributed by atoms with Crippen LogP contribution in [0.2, 0.25) is 0 Å². The minimum absolute atomic E-state index is 0.349. The van der Waals surface area contributed by atoms with Crippen molar-refractivity contribution in [2.24, 2.45) is 0 Å². The molecule has 1 aliphatic heterocycles. The molecule has 2 aromatic rings. The van der Waals surface area contributed by atoms with Crippen molar-refractivity contribution in [3.8, 4) is 5.75 Å². The zero-order chi connectivity index (χ0) is 16.1. The highest BCUT2D eigenvalue weighted by Gasteiger charge is 2.30. The van der Waals surface area contributed by atoms with Gasteiger partial charge in [0.05, 0.1) is 0 Å². The van der Waals surface area contributed by atoms with E-state index in [1.54, 1.807) is 12.4 Å². The van der Waals surface area contributed by atoms with Crippen molar-refractivity contribution in [1.82, 2.24) is 9.88 Å². The molecule has 0 saturated carbocycles. The second kappa shape index (κ2) is 7.24. The molecule has 23 heavy (non-hydrogen) atoms. The van der Waals surface area contributed by atoms with Gasteiger partial charge >= 0.3 is 5.97 Å². The van der Waals surface area contributed by atoms with Gasteiger partial charge in [0.2, 0.25) is 0 Å². The lowest BCUT2D eigenvalue weighted by molar-refractivity contribution is -0.142. The highest BCUT2D eigenvalue weighted by atomic mass is 16.5. The molecule has 1 aromatic heterocycles. The Bertz CT molecular complexity index is 643. The fourth-order valence-corrected chi connectivity index (χ4v) is 2.87. The van der Waals surface area contributed by atoms with Crippen molar-refractivity contribution in [3.05, 3.63) is 59.9 Å². The van der Waals surface area contributed by atoms with Crippen molar-refractivity contribution in [2.75, 3.05) is 6.54 Å². The Hall–Kier alpha value is -2.40. The summed E-state index contributed by atoms with van der Waals surface area (Å²) in [5, 5.41) is 9.22. The summed E-state index contributed by atoms with van der Waals surface area (Å²) in [6.45, 7) is 2.02. The molecule has 1 aromatic carbocycles. The van der Waals surface area contributed by atoms with Gasteiger partial charge in [0, 0.05) is 18.9 Å². The number of likely N-dealkylation sites (tertiary alicyclic amines) is 1. The van der Waals surface area contributed by atoms with Crippen LogP contribution in [0.1, 0.15) is 24.0 Å². The quantitative estimate of drug-likeness (QED) is 0.888. The van der Waals surface area contributed by atoms with Crippen LogP contribution in [0.5, 0.6) is 5.75 Å². The number of aromatic nitrogens is 1. The average molecular weight is 312 g/mol. The van der Waals surface area contributed by atoms with Crippen LogP contribution in [0.4, 0.5) is 0 Å². The van der Waals surface area contributed by atoms with Gasteiger partial charge in [-0.1, -0.05) is 12.1 Å². The van der Waals surface area contributed by atoms with Gasteiger partial charge in [0.15, 0.2) is 0 Å². The second-order valence-corrected chi connectivity index (χ2v) is 5.75. The van der Waals surface area contributed by atoms with E-state index in [1.165, 1.54) is 0 Å². The molecular formula is C18H20N2O3. The number of nitrogens with zero attached hydrogens (tertiary/aromatic N) is 2. The van der Waals surface area contributed by atoms with Gasteiger partial charge in [-0.25, -0.2) is 0 Å². The molecule has 1 fully saturated rings. The monoisotopic (exact) mass is 312 g/mol. The van der Waals surface area contributed by atoms with E-state index in [2.05, 4.69) is 4.98 Å². The molecule has 0 radical (unpaired) electrons. The number of ether oxygens (including phenoxy) is 1. The molecule has 0 spiro atoms. The summed E-state index contributed by atoms with van der Waals surface area (Å²) >= 11 is 0. The fourth-order valence-electron chi connectivity index (χ4n) is 2.87. The first-order valence-electron chi connectivity index (χ1n) is 7.80. The fraction of sp³-hybridized carbons (Fsp3) is 0.333. The number of rotatable bonds is 6. The van der Waals surface area contributed by atoms with E-state index in [1.807, 2.05) is 41.3 Å². The second-order valence-electron chi connectivity index (χ2n) is 5.75. The van der Waals surface area contributed by atoms with Crippen molar-refractivity contribution in [2.45, 2.75) is 32.0 Å².